The third kappa shape index (κ3) is 5.67. The Hall–Kier alpha value is -3.15. The number of rotatable bonds is 6. The molecule has 0 spiro atoms. The highest BCUT2D eigenvalue weighted by atomic mass is 16.5. The first-order valence-electron chi connectivity index (χ1n) is 9.82. The van der Waals surface area contributed by atoms with E-state index in [1.165, 1.54) is 17.5 Å². The molecule has 0 saturated carbocycles. The van der Waals surface area contributed by atoms with Gasteiger partial charge in [-0.2, -0.15) is 0 Å². The number of hydrogen-bond acceptors (Lipinski definition) is 5. The third-order valence-corrected chi connectivity index (χ3v) is 4.67. The van der Waals surface area contributed by atoms with E-state index in [0.717, 1.165) is 19.3 Å². The number of hydrogen-bond donors (Lipinski definition) is 1. The van der Waals surface area contributed by atoms with Crippen LogP contribution in [0.4, 0.5) is 5.69 Å². The average molecular weight is 395 g/mol. The normalized spacial score (nSPS) is 12.8. The van der Waals surface area contributed by atoms with Gasteiger partial charge in [-0.25, -0.2) is 9.59 Å². The molecule has 0 aromatic heterocycles. The van der Waals surface area contributed by atoms with Gasteiger partial charge in [0, 0.05) is 5.69 Å². The second-order valence-corrected chi connectivity index (χ2v) is 7.35. The van der Waals surface area contributed by atoms with Gasteiger partial charge in [0.05, 0.1) is 17.2 Å². The van der Waals surface area contributed by atoms with Crippen LogP contribution in [0.5, 0.6) is 0 Å². The van der Waals surface area contributed by atoms with Crippen molar-refractivity contribution in [2.24, 2.45) is 0 Å². The number of carbonyl (C=O) groups is 3. The number of nitrogens with one attached hydrogen (secondary N) is 1. The molecular formula is C23H25NO5. The van der Waals surface area contributed by atoms with E-state index in [-0.39, 0.29) is 12.7 Å². The predicted molar refractivity (Wildman–Crippen MR) is 109 cm³/mol. The lowest BCUT2D eigenvalue weighted by Crippen LogP contribution is -2.21. The lowest BCUT2D eigenvalue weighted by molar-refractivity contribution is -0.119. The van der Waals surface area contributed by atoms with Crippen molar-refractivity contribution in [2.45, 2.75) is 45.6 Å². The minimum Gasteiger partial charge on any atom is -0.459 e. The Kier molecular flexibility index (Phi) is 6.65. The Morgan fingerprint density at radius 3 is 2.24 bits per heavy atom. The zero-order valence-corrected chi connectivity index (χ0v) is 16.7. The standard InChI is InChI=1S/C23H25NO5/c1-15(2)29-23(27)17-9-11-20(12-10-17)24-21(25)14-28-22(26)19-8-7-16-5-3-4-6-18(16)13-19/h7-13,15H,3-6,14H2,1-2H3,(H,24,25). The van der Waals surface area contributed by atoms with E-state index in [1.807, 2.05) is 12.1 Å². The van der Waals surface area contributed by atoms with E-state index < -0.39 is 17.8 Å². The van der Waals surface area contributed by atoms with Crippen molar-refractivity contribution in [3.8, 4) is 0 Å². The van der Waals surface area contributed by atoms with Crippen molar-refractivity contribution in [3.63, 3.8) is 0 Å². The second-order valence-electron chi connectivity index (χ2n) is 7.35. The van der Waals surface area contributed by atoms with Crippen LogP contribution in [0.15, 0.2) is 42.5 Å². The molecule has 0 fully saturated rings. The monoisotopic (exact) mass is 395 g/mol. The summed E-state index contributed by atoms with van der Waals surface area (Å²) in [5, 5.41) is 2.64. The van der Waals surface area contributed by atoms with Gasteiger partial charge in [-0.05, 0) is 87.1 Å². The molecule has 0 bridgehead atoms. The van der Waals surface area contributed by atoms with Gasteiger partial charge in [0.1, 0.15) is 0 Å². The summed E-state index contributed by atoms with van der Waals surface area (Å²) in [7, 11) is 0. The highest BCUT2D eigenvalue weighted by Crippen LogP contribution is 2.22. The van der Waals surface area contributed by atoms with Crippen LogP contribution >= 0.6 is 0 Å². The van der Waals surface area contributed by atoms with E-state index in [4.69, 9.17) is 9.47 Å². The number of ether oxygens (including phenoxy) is 2. The van der Waals surface area contributed by atoms with Crippen molar-refractivity contribution in [3.05, 3.63) is 64.7 Å². The maximum atomic E-state index is 12.2. The zero-order chi connectivity index (χ0) is 20.8. The molecule has 3 rings (SSSR count). The Morgan fingerprint density at radius 2 is 1.55 bits per heavy atom. The largest absolute Gasteiger partial charge is 0.459 e. The second kappa shape index (κ2) is 9.37. The molecular weight excluding hydrogens is 370 g/mol. The lowest BCUT2D eigenvalue weighted by atomic mass is 9.90. The summed E-state index contributed by atoms with van der Waals surface area (Å²) in [6.45, 7) is 3.17. The van der Waals surface area contributed by atoms with Crippen LogP contribution in [0.3, 0.4) is 0 Å². The molecule has 6 heteroatoms. The van der Waals surface area contributed by atoms with E-state index in [2.05, 4.69) is 5.32 Å². The molecule has 1 aliphatic rings. The summed E-state index contributed by atoms with van der Waals surface area (Å²) in [5.74, 6) is -1.38. The summed E-state index contributed by atoms with van der Waals surface area (Å²) >= 11 is 0. The molecule has 0 heterocycles. The third-order valence-electron chi connectivity index (χ3n) is 4.67. The summed E-state index contributed by atoms with van der Waals surface area (Å²) < 4.78 is 10.2. The number of aryl methyl sites for hydroxylation is 2. The summed E-state index contributed by atoms with van der Waals surface area (Å²) in [6, 6.07) is 11.9. The van der Waals surface area contributed by atoms with Crippen molar-refractivity contribution < 1.29 is 23.9 Å². The first kappa shape index (κ1) is 20.6. The number of anilines is 1. The van der Waals surface area contributed by atoms with Crippen LogP contribution in [0.2, 0.25) is 0 Å². The Labute approximate surface area is 170 Å². The lowest BCUT2D eigenvalue weighted by Gasteiger charge is -2.16. The molecule has 1 amide bonds. The highest BCUT2D eigenvalue weighted by molar-refractivity contribution is 5.96. The summed E-state index contributed by atoms with van der Waals surface area (Å²) in [5.41, 5.74) is 3.83. The molecule has 6 nitrogen and oxygen atoms in total. The molecule has 152 valence electrons. The van der Waals surface area contributed by atoms with Crippen LogP contribution < -0.4 is 5.32 Å². The molecule has 1 aliphatic carbocycles. The fraction of sp³-hybridized carbons (Fsp3) is 0.348. The molecule has 2 aromatic carbocycles. The fourth-order valence-corrected chi connectivity index (χ4v) is 3.24. The van der Waals surface area contributed by atoms with Gasteiger partial charge in [0.25, 0.3) is 5.91 Å². The topological polar surface area (TPSA) is 81.7 Å². The minimum atomic E-state index is -0.514. The number of fused-ring (bicyclic) bond motifs is 1. The molecule has 29 heavy (non-hydrogen) atoms. The quantitative estimate of drug-likeness (QED) is 0.750. The molecule has 2 aromatic rings. The van der Waals surface area contributed by atoms with Crippen molar-refractivity contribution >= 4 is 23.5 Å². The number of esters is 2. The van der Waals surface area contributed by atoms with Crippen molar-refractivity contribution in [1.29, 1.82) is 0 Å². The van der Waals surface area contributed by atoms with Gasteiger partial charge in [-0.3, -0.25) is 4.79 Å². The smallest absolute Gasteiger partial charge is 0.338 e. The zero-order valence-electron chi connectivity index (χ0n) is 16.7. The van der Waals surface area contributed by atoms with Crippen LogP contribution in [0.25, 0.3) is 0 Å². The maximum Gasteiger partial charge on any atom is 0.338 e. The molecule has 0 unspecified atom stereocenters. The van der Waals surface area contributed by atoms with Crippen molar-refractivity contribution in [1.82, 2.24) is 0 Å². The van der Waals surface area contributed by atoms with Gasteiger partial charge in [-0.1, -0.05) is 6.07 Å². The van der Waals surface area contributed by atoms with Gasteiger partial charge >= 0.3 is 11.9 Å². The Balaban J connectivity index is 1.50. The molecule has 0 aliphatic heterocycles. The van der Waals surface area contributed by atoms with Gasteiger partial charge in [0.2, 0.25) is 0 Å². The first-order valence-corrected chi connectivity index (χ1v) is 9.82. The van der Waals surface area contributed by atoms with Crippen molar-refractivity contribution in [2.75, 3.05) is 11.9 Å². The average Bonchev–Trinajstić information content (AvgIpc) is 2.71. The van der Waals surface area contributed by atoms with Crippen LogP contribution in [-0.2, 0) is 27.1 Å². The van der Waals surface area contributed by atoms with Crippen LogP contribution in [0.1, 0.15) is 58.5 Å². The molecule has 1 N–H and O–H groups in total. The SMILES string of the molecule is CC(C)OC(=O)c1ccc(NC(=O)COC(=O)c2ccc3c(c2)CCCC3)cc1. The Morgan fingerprint density at radius 1 is 0.897 bits per heavy atom. The van der Waals surface area contributed by atoms with Crippen LogP contribution in [-0.4, -0.2) is 30.6 Å². The maximum absolute atomic E-state index is 12.2. The van der Waals surface area contributed by atoms with Gasteiger partial charge in [-0.15, -0.1) is 0 Å². The number of carbonyl (C=O) groups excluding carboxylic acids is 3. The summed E-state index contributed by atoms with van der Waals surface area (Å²) in [6.07, 6.45) is 4.11. The van der Waals surface area contributed by atoms with E-state index >= 15 is 0 Å². The fourth-order valence-electron chi connectivity index (χ4n) is 3.24. The molecule has 0 radical (unpaired) electrons. The predicted octanol–water partition coefficient (Wildman–Crippen LogP) is 3.93. The van der Waals surface area contributed by atoms with Crippen LogP contribution in [0, 0.1) is 0 Å². The molecule has 0 atom stereocenters. The number of amides is 1. The first-order chi connectivity index (χ1) is 13.9. The summed E-state index contributed by atoms with van der Waals surface area (Å²) in [4.78, 5) is 36.1. The number of benzene rings is 2. The van der Waals surface area contributed by atoms with Gasteiger partial charge in [0.15, 0.2) is 6.61 Å². The highest BCUT2D eigenvalue weighted by Gasteiger charge is 2.15. The van der Waals surface area contributed by atoms with E-state index in [0.29, 0.717) is 16.8 Å². The van der Waals surface area contributed by atoms with E-state index in [9.17, 15) is 14.4 Å². The van der Waals surface area contributed by atoms with E-state index in [1.54, 1.807) is 44.2 Å². The molecule has 0 saturated heterocycles. The minimum absolute atomic E-state index is 0.202. The van der Waals surface area contributed by atoms with Gasteiger partial charge < -0.3 is 14.8 Å². The Bertz CT molecular complexity index is 902.